The van der Waals surface area contributed by atoms with Crippen molar-refractivity contribution in [2.45, 2.75) is 18.9 Å². The van der Waals surface area contributed by atoms with E-state index < -0.39 is 0 Å². The van der Waals surface area contributed by atoms with Crippen LogP contribution in [0.15, 0.2) is 35.1 Å². The van der Waals surface area contributed by atoms with Crippen molar-refractivity contribution in [1.82, 2.24) is 10.3 Å². The lowest BCUT2D eigenvalue weighted by Crippen LogP contribution is -2.38. The number of rotatable bonds is 3. The first-order valence-corrected chi connectivity index (χ1v) is 6.72. The molecular weight excluding hydrogens is 256 g/mol. The Morgan fingerprint density at radius 3 is 2.85 bits per heavy atom. The lowest BCUT2D eigenvalue weighted by Gasteiger charge is -2.31. The van der Waals surface area contributed by atoms with Gasteiger partial charge in [-0.05, 0) is 36.3 Å². The number of nitrogens with one attached hydrogen (secondary N) is 2. The molecule has 0 spiro atoms. The van der Waals surface area contributed by atoms with Gasteiger partial charge >= 0.3 is 0 Å². The van der Waals surface area contributed by atoms with E-state index in [-0.39, 0.29) is 23.3 Å². The van der Waals surface area contributed by atoms with Crippen LogP contribution in [0.25, 0.3) is 10.8 Å². The number of carbonyl (C=O) groups is 1. The van der Waals surface area contributed by atoms with Crippen molar-refractivity contribution in [2.24, 2.45) is 5.92 Å². The van der Waals surface area contributed by atoms with Crippen LogP contribution in [0.5, 0.6) is 0 Å². The summed E-state index contributed by atoms with van der Waals surface area (Å²) in [6.45, 7) is 0.532. The van der Waals surface area contributed by atoms with Crippen LogP contribution >= 0.6 is 0 Å². The van der Waals surface area contributed by atoms with E-state index >= 15 is 0 Å². The number of carbonyl (C=O) groups excluding carboxylic acids is 1. The molecule has 1 aromatic carbocycles. The second-order valence-corrected chi connectivity index (χ2v) is 5.30. The van der Waals surface area contributed by atoms with Crippen LogP contribution in [-0.2, 0) is 0 Å². The second kappa shape index (κ2) is 5.09. The smallest absolute Gasteiger partial charge is 0.267 e. The maximum atomic E-state index is 12.0. The van der Waals surface area contributed by atoms with Gasteiger partial charge in [0.15, 0.2) is 0 Å². The van der Waals surface area contributed by atoms with E-state index in [9.17, 15) is 14.7 Å². The van der Waals surface area contributed by atoms with E-state index in [1.54, 1.807) is 18.2 Å². The largest absolute Gasteiger partial charge is 0.393 e. The van der Waals surface area contributed by atoms with Crippen LogP contribution in [0.1, 0.15) is 23.3 Å². The molecule has 1 aliphatic carbocycles. The topological polar surface area (TPSA) is 82.2 Å². The Morgan fingerprint density at radius 2 is 2.10 bits per heavy atom. The molecule has 1 aliphatic rings. The van der Waals surface area contributed by atoms with Gasteiger partial charge in [-0.15, -0.1) is 0 Å². The summed E-state index contributed by atoms with van der Waals surface area (Å²) in [5, 5.41) is 13.3. The Balaban J connectivity index is 1.76. The van der Waals surface area contributed by atoms with Gasteiger partial charge < -0.3 is 15.4 Å². The van der Waals surface area contributed by atoms with Gasteiger partial charge in [0.2, 0.25) is 0 Å². The zero-order chi connectivity index (χ0) is 14.1. The van der Waals surface area contributed by atoms with Crippen molar-refractivity contribution in [3.63, 3.8) is 0 Å². The minimum atomic E-state index is -0.283. The fourth-order valence-corrected chi connectivity index (χ4v) is 2.53. The standard InChI is InChI=1S/C15H16N2O3/c18-11-5-9(6-11)8-16-15(20)13-7-10-3-1-2-4-12(10)14(19)17-13/h1-4,7,9,11,18H,5-6,8H2,(H,16,20)(H,17,19). The fraction of sp³-hybridized carbons (Fsp3) is 0.333. The third kappa shape index (κ3) is 2.44. The molecule has 1 fully saturated rings. The van der Waals surface area contributed by atoms with E-state index in [0.29, 0.717) is 17.8 Å². The summed E-state index contributed by atoms with van der Waals surface area (Å²) in [5.74, 6) is 0.0513. The van der Waals surface area contributed by atoms with Gasteiger partial charge in [0.1, 0.15) is 5.69 Å². The molecule has 104 valence electrons. The van der Waals surface area contributed by atoms with Gasteiger partial charge in [0.25, 0.3) is 11.5 Å². The summed E-state index contributed by atoms with van der Waals surface area (Å²) >= 11 is 0. The van der Waals surface area contributed by atoms with Crippen LogP contribution in [0.4, 0.5) is 0 Å². The minimum Gasteiger partial charge on any atom is -0.393 e. The summed E-state index contributed by atoms with van der Waals surface area (Å²) in [7, 11) is 0. The van der Waals surface area contributed by atoms with Crippen molar-refractivity contribution in [2.75, 3.05) is 6.54 Å². The summed E-state index contributed by atoms with van der Waals surface area (Å²) < 4.78 is 0. The van der Waals surface area contributed by atoms with Crippen molar-refractivity contribution < 1.29 is 9.90 Å². The van der Waals surface area contributed by atoms with Gasteiger partial charge in [0, 0.05) is 11.9 Å². The lowest BCUT2D eigenvalue weighted by molar-refractivity contribution is 0.0419. The van der Waals surface area contributed by atoms with Crippen molar-refractivity contribution in [3.05, 3.63) is 46.4 Å². The van der Waals surface area contributed by atoms with Crippen LogP contribution < -0.4 is 10.9 Å². The Hall–Kier alpha value is -2.14. The van der Waals surface area contributed by atoms with Crippen LogP contribution in [0.3, 0.4) is 0 Å². The Labute approximate surface area is 115 Å². The number of fused-ring (bicyclic) bond motifs is 1. The van der Waals surface area contributed by atoms with Gasteiger partial charge in [0.05, 0.1) is 6.10 Å². The van der Waals surface area contributed by atoms with Crippen molar-refractivity contribution in [1.29, 1.82) is 0 Å². The lowest BCUT2D eigenvalue weighted by atomic mass is 9.82. The maximum absolute atomic E-state index is 12.0. The van der Waals surface area contributed by atoms with Gasteiger partial charge in [-0.3, -0.25) is 9.59 Å². The second-order valence-electron chi connectivity index (χ2n) is 5.30. The zero-order valence-electron chi connectivity index (χ0n) is 10.9. The molecule has 3 N–H and O–H groups in total. The number of benzene rings is 1. The monoisotopic (exact) mass is 272 g/mol. The maximum Gasteiger partial charge on any atom is 0.267 e. The van der Waals surface area contributed by atoms with Gasteiger partial charge in [-0.25, -0.2) is 0 Å². The highest BCUT2D eigenvalue weighted by Crippen LogP contribution is 2.26. The summed E-state index contributed by atoms with van der Waals surface area (Å²) in [5.41, 5.74) is 0.0147. The number of aliphatic hydroxyl groups is 1. The predicted molar refractivity (Wildman–Crippen MR) is 75.6 cm³/mol. The first-order chi connectivity index (χ1) is 9.63. The Bertz CT molecular complexity index is 702. The minimum absolute atomic E-state index is 0.225. The molecule has 0 unspecified atom stereocenters. The number of hydrogen-bond donors (Lipinski definition) is 3. The molecule has 1 heterocycles. The molecule has 1 aromatic heterocycles. The number of pyridine rings is 1. The normalized spacial score (nSPS) is 21.4. The highest BCUT2D eigenvalue weighted by Gasteiger charge is 2.27. The van der Waals surface area contributed by atoms with Crippen LogP contribution in [-0.4, -0.2) is 28.6 Å². The highest BCUT2D eigenvalue weighted by atomic mass is 16.3. The van der Waals surface area contributed by atoms with Crippen molar-refractivity contribution in [3.8, 4) is 0 Å². The molecule has 0 atom stereocenters. The third-order valence-corrected chi connectivity index (χ3v) is 3.76. The quantitative estimate of drug-likeness (QED) is 0.780. The molecule has 5 heteroatoms. The van der Waals surface area contributed by atoms with Crippen LogP contribution in [0.2, 0.25) is 0 Å². The molecular formula is C15H16N2O3. The number of aliphatic hydroxyl groups excluding tert-OH is 1. The van der Waals surface area contributed by atoms with Gasteiger partial charge in [-0.1, -0.05) is 18.2 Å². The summed E-state index contributed by atoms with van der Waals surface area (Å²) in [6, 6.07) is 8.84. The Kier molecular flexibility index (Phi) is 3.28. The average Bonchev–Trinajstić information content (AvgIpc) is 2.42. The Morgan fingerprint density at radius 1 is 1.35 bits per heavy atom. The molecule has 20 heavy (non-hydrogen) atoms. The van der Waals surface area contributed by atoms with E-state index in [4.69, 9.17) is 0 Å². The highest BCUT2D eigenvalue weighted by molar-refractivity contribution is 5.96. The van der Waals surface area contributed by atoms with Crippen LogP contribution in [0, 0.1) is 5.92 Å². The molecule has 1 saturated carbocycles. The third-order valence-electron chi connectivity index (χ3n) is 3.76. The first kappa shape index (κ1) is 12.9. The van der Waals surface area contributed by atoms with E-state index in [1.807, 2.05) is 12.1 Å². The molecule has 3 rings (SSSR count). The van der Waals surface area contributed by atoms with Crippen molar-refractivity contribution >= 4 is 16.7 Å². The van der Waals surface area contributed by atoms with Gasteiger partial charge in [-0.2, -0.15) is 0 Å². The number of amides is 1. The summed E-state index contributed by atoms with van der Waals surface area (Å²) in [6.07, 6.45) is 1.24. The van der Waals surface area contributed by atoms with E-state index in [0.717, 1.165) is 18.2 Å². The van der Waals surface area contributed by atoms with E-state index in [2.05, 4.69) is 10.3 Å². The zero-order valence-corrected chi connectivity index (χ0v) is 10.9. The molecule has 2 aromatic rings. The van der Waals surface area contributed by atoms with E-state index in [1.165, 1.54) is 0 Å². The number of H-pyrrole nitrogens is 1. The number of aromatic nitrogens is 1. The fourth-order valence-electron chi connectivity index (χ4n) is 2.53. The number of hydrogen-bond acceptors (Lipinski definition) is 3. The molecule has 0 bridgehead atoms. The predicted octanol–water partition coefficient (Wildman–Crippen LogP) is 1.03. The first-order valence-electron chi connectivity index (χ1n) is 6.72. The average molecular weight is 272 g/mol. The molecule has 0 aliphatic heterocycles. The molecule has 0 radical (unpaired) electrons. The molecule has 1 amide bonds. The summed E-state index contributed by atoms with van der Waals surface area (Å²) in [4.78, 5) is 26.5. The number of aromatic amines is 1. The SMILES string of the molecule is O=C(NCC1CC(O)C1)c1cc2ccccc2c(=O)[nH]1. The molecule has 0 saturated heterocycles. The molecule has 5 nitrogen and oxygen atoms in total.